The van der Waals surface area contributed by atoms with E-state index in [0.29, 0.717) is 12.3 Å². The first kappa shape index (κ1) is 11.7. The molecule has 0 unspecified atom stereocenters. The first-order valence-electron chi connectivity index (χ1n) is 5.78. The van der Waals surface area contributed by atoms with Crippen LogP contribution < -0.4 is 10.5 Å². The Morgan fingerprint density at radius 3 is 2.94 bits per heavy atom. The van der Waals surface area contributed by atoms with Gasteiger partial charge in [-0.15, -0.1) is 0 Å². The summed E-state index contributed by atoms with van der Waals surface area (Å²) in [6.07, 6.45) is 6.18. The van der Waals surface area contributed by atoms with Gasteiger partial charge in [-0.1, -0.05) is 19.3 Å². The average molecular weight is 236 g/mol. The number of aromatic carboxylic acids is 1. The average Bonchev–Trinajstić information content (AvgIpc) is 2.23. The molecule has 0 aliphatic heterocycles. The number of carboxylic acids is 1. The van der Waals surface area contributed by atoms with Crippen molar-refractivity contribution in [3.63, 3.8) is 0 Å². The maximum absolute atomic E-state index is 11.0. The van der Waals surface area contributed by atoms with Crippen LogP contribution in [0.25, 0.3) is 0 Å². The van der Waals surface area contributed by atoms with Gasteiger partial charge < -0.3 is 15.6 Å². The van der Waals surface area contributed by atoms with Crippen molar-refractivity contribution in [2.24, 2.45) is 5.92 Å². The monoisotopic (exact) mass is 236 g/mol. The third-order valence-corrected chi connectivity index (χ3v) is 3.09. The van der Waals surface area contributed by atoms with Gasteiger partial charge >= 0.3 is 5.97 Å². The van der Waals surface area contributed by atoms with Crippen LogP contribution in [-0.4, -0.2) is 22.7 Å². The van der Waals surface area contributed by atoms with Gasteiger partial charge in [-0.2, -0.15) is 0 Å². The van der Waals surface area contributed by atoms with Crippen LogP contribution in [0.1, 0.15) is 36.0 Å². The second kappa shape index (κ2) is 5.03. The smallest absolute Gasteiger partial charge is 0.341 e. The van der Waals surface area contributed by atoms with Gasteiger partial charge in [0.25, 0.3) is 0 Å². The van der Waals surface area contributed by atoms with E-state index in [1.54, 1.807) is 0 Å². The van der Waals surface area contributed by atoms with Crippen LogP contribution in [0.2, 0.25) is 0 Å². The van der Waals surface area contributed by atoms with Gasteiger partial charge in [-0.25, -0.2) is 9.78 Å². The highest BCUT2D eigenvalue weighted by Crippen LogP contribution is 2.29. The van der Waals surface area contributed by atoms with Gasteiger partial charge in [0.2, 0.25) is 5.88 Å². The Bertz CT molecular complexity index is 416. The Balaban J connectivity index is 1.96. The van der Waals surface area contributed by atoms with Crippen LogP contribution in [0.3, 0.4) is 0 Å². The van der Waals surface area contributed by atoms with E-state index in [9.17, 15) is 4.79 Å². The topological polar surface area (TPSA) is 85.4 Å². The quantitative estimate of drug-likeness (QED) is 0.815. The molecule has 0 bridgehead atoms. The minimum Gasteiger partial charge on any atom is -0.477 e. The van der Waals surface area contributed by atoms with Crippen molar-refractivity contribution in [2.75, 3.05) is 12.3 Å². The Hall–Kier alpha value is -1.78. The van der Waals surface area contributed by atoms with E-state index in [0.717, 1.165) is 12.3 Å². The number of hydrogen-bond donors (Lipinski definition) is 2. The second-order valence-electron chi connectivity index (χ2n) is 4.36. The number of hydrogen-bond acceptors (Lipinski definition) is 4. The summed E-state index contributed by atoms with van der Waals surface area (Å²) < 4.78 is 5.41. The molecule has 1 heterocycles. The molecule has 2 rings (SSSR count). The zero-order valence-corrected chi connectivity index (χ0v) is 9.56. The molecular weight excluding hydrogens is 220 g/mol. The van der Waals surface area contributed by atoms with Crippen molar-refractivity contribution in [2.45, 2.75) is 25.7 Å². The molecule has 0 amide bonds. The van der Waals surface area contributed by atoms with E-state index in [2.05, 4.69) is 4.98 Å². The third-order valence-electron chi connectivity index (χ3n) is 3.09. The number of rotatable bonds is 5. The highest BCUT2D eigenvalue weighted by Gasteiger charge is 2.18. The number of nitrogen functional groups attached to an aromatic ring is 1. The summed E-state index contributed by atoms with van der Waals surface area (Å²) in [5.41, 5.74) is 5.85. The van der Waals surface area contributed by atoms with Crippen LogP contribution >= 0.6 is 0 Å². The van der Waals surface area contributed by atoms with Crippen molar-refractivity contribution < 1.29 is 14.6 Å². The zero-order valence-electron chi connectivity index (χ0n) is 9.56. The number of carbonyl (C=O) groups is 1. The van der Waals surface area contributed by atoms with Crippen molar-refractivity contribution in [1.29, 1.82) is 0 Å². The standard InChI is InChI=1S/C12H16N2O3/c13-9-6-10(12(15)16)11(14-7-9)17-5-4-8-2-1-3-8/h6-8H,1-5,13H2,(H,15,16). The largest absolute Gasteiger partial charge is 0.477 e. The van der Waals surface area contributed by atoms with E-state index in [4.69, 9.17) is 15.6 Å². The third kappa shape index (κ3) is 2.87. The fraction of sp³-hybridized carbons (Fsp3) is 0.500. The highest BCUT2D eigenvalue weighted by atomic mass is 16.5. The van der Waals surface area contributed by atoms with Gasteiger partial charge in [0, 0.05) is 0 Å². The zero-order chi connectivity index (χ0) is 12.3. The fourth-order valence-corrected chi connectivity index (χ4v) is 1.84. The molecule has 92 valence electrons. The molecule has 0 spiro atoms. The summed E-state index contributed by atoms with van der Waals surface area (Å²) >= 11 is 0. The van der Waals surface area contributed by atoms with E-state index >= 15 is 0 Å². The summed E-state index contributed by atoms with van der Waals surface area (Å²) in [5, 5.41) is 8.98. The molecule has 1 aliphatic carbocycles. The molecule has 0 atom stereocenters. The molecule has 0 aromatic carbocycles. The van der Waals surface area contributed by atoms with Crippen LogP contribution in [0.5, 0.6) is 5.88 Å². The van der Waals surface area contributed by atoms with Crippen molar-refractivity contribution in [3.8, 4) is 5.88 Å². The number of aromatic nitrogens is 1. The summed E-state index contributed by atoms with van der Waals surface area (Å²) in [6.45, 7) is 0.516. The Labute approximate surface area is 99.6 Å². The molecule has 1 saturated carbocycles. The first-order chi connectivity index (χ1) is 8.16. The fourth-order valence-electron chi connectivity index (χ4n) is 1.84. The first-order valence-corrected chi connectivity index (χ1v) is 5.78. The Morgan fingerprint density at radius 2 is 2.35 bits per heavy atom. The molecule has 1 aromatic heterocycles. The summed E-state index contributed by atoms with van der Waals surface area (Å²) in [4.78, 5) is 14.9. The lowest BCUT2D eigenvalue weighted by atomic mass is 9.83. The van der Waals surface area contributed by atoms with E-state index < -0.39 is 5.97 Å². The molecule has 1 aliphatic rings. The van der Waals surface area contributed by atoms with Crippen molar-refractivity contribution >= 4 is 11.7 Å². The lowest BCUT2D eigenvalue weighted by molar-refractivity contribution is 0.0690. The minimum absolute atomic E-state index is 0.0265. The van der Waals surface area contributed by atoms with Crippen LogP contribution in [0, 0.1) is 5.92 Å². The number of nitrogens with zero attached hydrogens (tertiary/aromatic N) is 1. The molecule has 0 radical (unpaired) electrons. The predicted octanol–water partition coefficient (Wildman–Crippen LogP) is 1.93. The van der Waals surface area contributed by atoms with E-state index in [-0.39, 0.29) is 11.4 Å². The predicted molar refractivity (Wildman–Crippen MR) is 63.1 cm³/mol. The maximum Gasteiger partial charge on any atom is 0.341 e. The lowest BCUT2D eigenvalue weighted by Gasteiger charge is -2.24. The van der Waals surface area contributed by atoms with Gasteiger partial charge in [-0.05, 0) is 18.4 Å². The van der Waals surface area contributed by atoms with E-state index in [1.165, 1.54) is 31.5 Å². The molecule has 17 heavy (non-hydrogen) atoms. The van der Waals surface area contributed by atoms with Gasteiger partial charge in [0.15, 0.2) is 0 Å². The number of nitrogens with two attached hydrogens (primary N) is 1. The van der Waals surface area contributed by atoms with Crippen LogP contribution in [-0.2, 0) is 0 Å². The number of anilines is 1. The molecule has 5 heteroatoms. The lowest BCUT2D eigenvalue weighted by Crippen LogP contribution is -2.15. The summed E-state index contributed by atoms with van der Waals surface area (Å²) in [5.74, 6) is -0.175. The summed E-state index contributed by atoms with van der Waals surface area (Å²) in [6, 6.07) is 1.37. The number of carboxylic acid groups (broad SMARTS) is 1. The van der Waals surface area contributed by atoms with Crippen molar-refractivity contribution in [3.05, 3.63) is 17.8 Å². The Morgan fingerprint density at radius 1 is 1.59 bits per heavy atom. The maximum atomic E-state index is 11.0. The molecule has 1 fully saturated rings. The van der Waals surface area contributed by atoms with E-state index in [1.807, 2.05) is 0 Å². The molecule has 1 aromatic rings. The van der Waals surface area contributed by atoms with Gasteiger partial charge in [-0.3, -0.25) is 0 Å². The normalized spacial score (nSPS) is 15.3. The number of ether oxygens (including phenoxy) is 1. The summed E-state index contributed by atoms with van der Waals surface area (Å²) in [7, 11) is 0. The number of pyridine rings is 1. The van der Waals surface area contributed by atoms with Crippen LogP contribution in [0.15, 0.2) is 12.3 Å². The molecule has 0 saturated heterocycles. The van der Waals surface area contributed by atoms with Crippen molar-refractivity contribution in [1.82, 2.24) is 4.98 Å². The second-order valence-corrected chi connectivity index (χ2v) is 4.36. The van der Waals surface area contributed by atoms with Gasteiger partial charge in [0.05, 0.1) is 18.5 Å². The van der Waals surface area contributed by atoms with Gasteiger partial charge in [0.1, 0.15) is 5.56 Å². The molecular formula is C12H16N2O3. The minimum atomic E-state index is -1.07. The molecule has 5 nitrogen and oxygen atoms in total. The SMILES string of the molecule is Nc1cnc(OCCC2CCC2)c(C(=O)O)c1. The Kier molecular flexibility index (Phi) is 3.46. The van der Waals surface area contributed by atoms with Crippen LogP contribution in [0.4, 0.5) is 5.69 Å². The molecule has 3 N–H and O–H groups in total. The highest BCUT2D eigenvalue weighted by molar-refractivity contribution is 5.91.